The number of ether oxygens (including phenoxy) is 3. The minimum absolute atomic E-state index is 0.154. The van der Waals surface area contributed by atoms with Gasteiger partial charge < -0.3 is 29.5 Å². The second-order valence-corrected chi connectivity index (χ2v) is 9.36. The van der Waals surface area contributed by atoms with Gasteiger partial charge in [0.1, 0.15) is 12.4 Å². The standard InChI is InChI=1S/C31H35F3N2O6/c1-2-41-28(29(37)38)21-23-9-15-27(16-10-23)42-20-18-36(17-6-19-40-22-24-7-4-3-5-8-24)30(39)35-26-13-11-25(12-14-26)31(32,33)34/h3-5,7-16,28H,2,6,17-22H2,1H3,(H,35,39)(H,37,38). The molecule has 0 bridgehead atoms. The van der Waals surface area contributed by atoms with Crippen molar-refractivity contribution in [3.05, 3.63) is 95.6 Å². The molecular weight excluding hydrogens is 553 g/mol. The van der Waals surface area contributed by atoms with E-state index in [0.717, 1.165) is 23.3 Å². The van der Waals surface area contributed by atoms with Crippen LogP contribution in [0.3, 0.4) is 0 Å². The van der Waals surface area contributed by atoms with Crippen LogP contribution in [0.4, 0.5) is 23.7 Å². The summed E-state index contributed by atoms with van der Waals surface area (Å²) in [5.74, 6) is -0.492. The number of halogens is 3. The topological polar surface area (TPSA) is 97.3 Å². The highest BCUT2D eigenvalue weighted by Gasteiger charge is 2.30. The lowest BCUT2D eigenvalue weighted by molar-refractivity contribution is -0.150. The number of carboxylic acids is 1. The van der Waals surface area contributed by atoms with E-state index in [9.17, 15) is 27.9 Å². The van der Waals surface area contributed by atoms with Crippen LogP contribution in [0.2, 0.25) is 0 Å². The maximum absolute atomic E-state index is 13.0. The molecule has 0 radical (unpaired) electrons. The van der Waals surface area contributed by atoms with Crippen LogP contribution in [0, 0.1) is 0 Å². The zero-order valence-electron chi connectivity index (χ0n) is 23.3. The summed E-state index contributed by atoms with van der Waals surface area (Å²) >= 11 is 0. The normalized spacial score (nSPS) is 12.0. The number of aliphatic carboxylic acids is 1. The number of rotatable bonds is 16. The zero-order chi connectivity index (χ0) is 30.4. The van der Waals surface area contributed by atoms with Gasteiger partial charge in [0.25, 0.3) is 0 Å². The molecule has 8 nitrogen and oxygen atoms in total. The molecule has 2 N–H and O–H groups in total. The Labute approximate surface area is 243 Å². The fourth-order valence-electron chi connectivity index (χ4n) is 4.01. The van der Waals surface area contributed by atoms with Crippen molar-refractivity contribution in [2.24, 2.45) is 0 Å². The van der Waals surface area contributed by atoms with Gasteiger partial charge in [0.15, 0.2) is 6.10 Å². The van der Waals surface area contributed by atoms with Gasteiger partial charge in [-0.1, -0.05) is 42.5 Å². The molecule has 0 heterocycles. The molecule has 0 spiro atoms. The van der Waals surface area contributed by atoms with Crippen LogP contribution in [-0.2, 0) is 33.5 Å². The molecule has 42 heavy (non-hydrogen) atoms. The van der Waals surface area contributed by atoms with Crippen LogP contribution in [0.5, 0.6) is 5.75 Å². The highest BCUT2D eigenvalue weighted by Crippen LogP contribution is 2.29. The van der Waals surface area contributed by atoms with Crippen LogP contribution in [0.25, 0.3) is 0 Å². The van der Waals surface area contributed by atoms with E-state index in [-0.39, 0.29) is 25.3 Å². The molecule has 0 aliphatic carbocycles. The Morgan fingerprint density at radius 2 is 1.60 bits per heavy atom. The fourth-order valence-corrected chi connectivity index (χ4v) is 4.01. The molecule has 1 unspecified atom stereocenters. The molecule has 3 aromatic rings. The number of hydrogen-bond donors (Lipinski definition) is 2. The number of carbonyl (C=O) groups is 2. The van der Waals surface area contributed by atoms with Gasteiger partial charge in [0, 0.05) is 31.9 Å². The maximum Gasteiger partial charge on any atom is 0.416 e. The van der Waals surface area contributed by atoms with Gasteiger partial charge in [-0.2, -0.15) is 13.2 Å². The van der Waals surface area contributed by atoms with E-state index in [1.54, 1.807) is 31.2 Å². The summed E-state index contributed by atoms with van der Waals surface area (Å²) in [4.78, 5) is 25.9. The summed E-state index contributed by atoms with van der Waals surface area (Å²) in [6, 6.07) is 20.4. The highest BCUT2D eigenvalue weighted by atomic mass is 19.4. The number of carboxylic acid groups (broad SMARTS) is 1. The van der Waals surface area contributed by atoms with Crippen molar-refractivity contribution in [1.29, 1.82) is 0 Å². The summed E-state index contributed by atoms with van der Waals surface area (Å²) in [6.07, 6.45) is -4.65. The van der Waals surface area contributed by atoms with Crippen molar-refractivity contribution in [2.45, 2.75) is 38.7 Å². The molecule has 0 fully saturated rings. The lowest BCUT2D eigenvalue weighted by Gasteiger charge is -2.23. The SMILES string of the molecule is CCOC(Cc1ccc(OCCN(CCCOCc2ccccc2)C(=O)Nc2ccc(C(F)(F)F)cc2)cc1)C(=O)O. The Hall–Kier alpha value is -4.09. The summed E-state index contributed by atoms with van der Waals surface area (Å²) in [5, 5.41) is 11.9. The first kappa shape index (κ1) is 32.4. The van der Waals surface area contributed by atoms with Gasteiger partial charge in [0.2, 0.25) is 0 Å². The van der Waals surface area contributed by atoms with Crippen molar-refractivity contribution in [3.8, 4) is 5.75 Å². The van der Waals surface area contributed by atoms with E-state index in [1.807, 2.05) is 30.3 Å². The maximum atomic E-state index is 13.0. The largest absolute Gasteiger partial charge is 0.492 e. The van der Waals surface area contributed by atoms with Crippen LogP contribution >= 0.6 is 0 Å². The van der Waals surface area contributed by atoms with E-state index >= 15 is 0 Å². The van der Waals surface area contributed by atoms with Gasteiger partial charge in [-0.15, -0.1) is 0 Å². The molecule has 3 aromatic carbocycles. The lowest BCUT2D eigenvalue weighted by atomic mass is 10.1. The predicted molar refractivity (Wildman–Crippen MR) is 151 cm³/mol. The molecule has 226 valence electrons. The summed E-state index contributed by atoms with van der Waals surface area (Å²) in [5.41, 5.74) is 1.24. The average Bonchev–Trinajstić information content (AvgIpc) is 2.97. The van der Waals surface area contributed by atoms with Crippen molar-refractivity contribution in [2.75, 3.05) is 38.2 Å². The third kappa shape index (κ3) is 11.1. The average molecular weight is 589 g/mol. The predicted octanol–water partition coefficient (Wildman–Crippen LogP) is 6.26. The number of amides is 2. The van der Waals surface area contributed by atoms with E-state index in [0.29, 0.717) is 38.5 Å². The number of carbonyl (C=O) groups excluding carboxylic acids is 1. The monoisotopic (exact) mass is 588 g/mol. The smallest absolute Gasteiger partial charge is 0.416 e. The highest BCUT2D eigenvalue weighted by molar-refractivity contribution is 5.89. The third-order valence-electron chi connectivity index (χ3n) is 6.20. The minimum atomic E-state index is -4.47. The van der Waals surface area contributed by atoms with Gasteiger partial charge in [-0.05, 0) is 60.9 Å². The molecule has 1 atom stereocenters. The minimum Gasteiger partial charge on any atom is -0.492 e. The van der Waals surface area contributed by atoms with Gasteiger partial charge in [0.05, 0.1) is 18.7 Å². The van der Waals surface area contributed by atoms with E-state index < -0.39 is 29.8 Å². The molecule has 0 saturated carbocycles. The molecule has 0 aliphatic heterocycles. The van der Waals surface area contributed by atoms with Crippen LogP contribution < -0.4 is 10.1 Å². The van der Waals surface area contributed by atoms with Gasteiger partial charge in [-0.3, -0.25) is 0 Å². The Morgan fingerprint density at radius 3 is 2.21 bits per heavy atom. The molecule has 0 saturated heterocycles. The molecular formula is C31H35F3N2O6. The number of anilines is 1. The van der Waals surface area contributed by atoms with Crippen LogP contribution in [0.1, 0.15) is 30.0 Å². The van der Waals surface area contributed by atoms with Crippen molar-refractivity contribution < 1.29 is 42.1 Å². The number of benzene rings is 3. The summed E-state index contributed by atoms with van der Waals surface area (Å²) in [6.45, 7) is 3.56. The van der Waals surface area contributed by atoms with Gasteiger partial charge >= 0.3 is 18.2 Å². The number of nitrogens with zero attached hydrogens (tertiary/aromatic N) is 1. The number of urea groups is 1. The number of hydrogen-bond acceptors (Lipinski definition) is 5. The fraction of sp³-hybridized carbons (Fsp3) is 0.355. The second kappa shape index (κ2) is 16.4. The van der Waals surface area contributed by atoms with Crippen LogP contribution in [-0.4, -0.2) is 61.0 Å². The molecule has 0 aliphatic rings. The quantitative estimate of drug-likeness (QED) is 0.192. The Balaban J connectivity index is 1.55. The first-order chi connectivity index (χ1) is 20.2. The Kier molecular flexibility index (Phi) is 12.6. The summed E-state index contributed by atoms with van der Waals surface area (Å²) in [7, 11) is 0. The molecule has 0 aromatic heterocycles. The second-order valence-electron chi connectivity index (χ2n) is 9.36. The number of nitrogens with one attached hydrogen (secondary N) is 1. The first-order valence-electron chi connectivity index (χ1n) is 13.6. The Morgan fingerprint density at radius 1 is 0.905 bits per heavy atom. The molecule has 2 amide bonds. The van der Waals surface area contributed by atoms with E-state index in [4.69, 9.17) is 14.2 Å². The van der Waals surface area contributed by atoms with Gasteiger partial charge in [-0.25, -0.2) is 9.59 Å². The molecule has 3 rings (SSSR count). The first-order valence-corrected chi connectivity index (χ1v) is 13.6. The van der Waals surface area contributed by atoms with Crippen molar-refractivity contribution in [3.63, 3.8) is 0 Å². The van der Waals surface area contributed by atoms with Crippen molar-refractivity contribution in [1.82, 2.24) is 4.90 Å². The van der Waals surface area contributed by atoms with E-state index in [1.165, 1.54) is 17.0 Å². The lowest BCUT2D eigenvalue weighted by Crippen LogP contribution is -2.39. The van der Waals surface area contributed by atoms with Crippen molar-refractivity contribution >= 4 is 17.7 Å². The summed E-state index contributed by atoms with van der Waals surface area (Å²) < 4.78 is 55.4. The van der Waals surface area contributed by atoms with Crippen LogP contribution in [0.15, 0.2) is 78.9 Å². The van der Waals surface area contributed by atoms with E-state index in [2.05, 4.69) is 5.32 Å². The molecule has 11 heteroatoms. The zero-order valence-corrected chi connectivity index (χ0v) is 23.3. The third-order valence-corrected chi connectivity index (χ3v) is 6.20. The Bertz CT molecular complexity index is 1240. The number of alkyl halides is 3.